The van der Waals surface area contributed by atoms with Crippen molar-refractivity contribution >= 4 is 34.7 Å². The topological polar surface area (TPSA) is 51.6 Å². The number of aryl methyl sites for hydroxylation is 1. The van der Waals surface area contributed by atoms with E-state index in [1.54, 1.807) is 6.07 Å². The van der Waals surface area contributed by atoms with Crippen LogP contribution in [0.4, 0.5) is 0 Å². The van der Waals surface area contributed by atoms with E-state index in [0.717, 1.165) is 19.9 Å². The highest BCUT2D eigenvalue weighted by Crippen LogP contribution is 2.31. The van der Waals surface area contributed by atoms with Crippen molar-refractivity contribution in [2.24, 2.45) is 0 Å². The van der Waals surface area contributed by atoms with Crippen molar-refractivity contribution in [2.75, 3.05) is 0 Å². The van der Waals surface area contributed by atoms with Crippen LogP contribution in [0.1, 0.15) is 5.01 Å². The fraction of sp³-hybridized carbons (Fsp3) is 0.0769. The first-order chi connectivity index (χ1) is 9.70. The summed E-state index contributed by atoms with van der Waals surface area (Å²) in [5.41, 5.74) is 0.935. The summed E-state index contributed by atoms with van der Waals surface area (Å²) in [6.45, 7) is 1.92. The van der Waals surface area contributed by atoms with Crippen LogP contribution in [0.2, 0.25) is 5.15 Å². The first-order valence-corrected chi connectivity index (χ1v) is 7.80. The van der Waals surface area contributed by atoms with E-state index in [1.165, 1.54) is 23.1 Å². The number of nitrogens with zero attached hydrogens (tertiary/aromatic N) is 4. The summed E-state index contributed by atoms with van der Waals surface area (Å²) in [6.07, 6.45) is 0. The van der Waals surface area contributed by atoms with E-state index >= 15 is 0 Å². The van der Waals surface area contributed by atoms with Crippen LogP contribution in [-0.4, -0.2) is 20.2 Å². The highest BCUT2D eigenvalue weighted by molar-refractivity contribution is 8.01. The minimum Gasteiger partial charge on any atom is -0.221 e. The molecule has 4 nitrogen and oxygen atoms in total. The van der Waals surface area contributed by atoms with Crippen molar-refractivity contribution in [3.8, 4) is 11.4 Å². The summed E-state index contributed by atoms with van der Waals surface area (Å²) in [5.74, 6) is 0.613. The third-order valence-corrected chi connectivity index (χ3v) is 4.40. The molecule has 0 spiro atoms. The fourth-order valence-corrected chi connectivity index (χ4v) is 3.59. The molecule has 0 bridgehead atoms. The van der Waals surface area contributed by atoms with Crippen LogP contribution in [0.5, 0.6) is 0 Å². The normalized spacial score (nSPS) is 10.7. The molecule has 0 aliphatic carbocycles. The Balaban J connectivity index is 1.94. The Labute approximate surface area is 129 Å². The number of benzene rings is 1. The first-order valence-electron chi connectivity index (χ1n) is 5.79. The zero-order valence-electron chi connectivity index (χ0n) is 10.4. The molecule has 3 rings (SSSR count). The van der Waals surface area contributed by atoms with Gasteiger partial charge in [0.15, 0.2) is 10.2 Å². The minimum absolute atomic E-state index is 0.419. The largest absolute Gasteiger partial charge is 0.221 e. The maximum absolute atomic E-state index is 6.07. The molecule has 0 atom stereocenters. The summed E-state index contributed by atoms with van der Waals surface area (Å²) in [7, 11) is 0. The van der Waals surface area contributed by atoms with Crippen molar-refractivity contribution in [1.29, 1.82) is 0 Å². The molecule has 1 aromatic carbocycles. The van der Waals surface area contributed by atoms with Crippen molar-refractivity contribution in [3.05, 3.63) is 46.6 Å². The van der Waals surface area contributed by atoms with E-state index in [4.69, 9.17) is 11.6 Å². The Morgan fingerprint density at radius 2 is 1.90 bits per heavy atom. The number of hydrogen-bond donors (Lipinski definition) is 0. The summed E-state index contributed by atoms with van der Waals surface area (Å²) < 4.78 is 0.844. The van der Waals surface area contributed by atoms with Crippen molar-refractivity contribution in [1.82, 2.24) is 20.2 Å². The molecule has 0 radical (unpaired) electrons. The molecule has 0 saturated heterocycles. The number of aromatic nitrogens is 4. The molecule has 100 valence electrons. The maximum Gasteiger partial charge on any atom is 0.180 e. The highest BCUT2D eigenvalue weighted by atomic mass is 35.5. The lowest BCUT2D eigenvalue weighted by atomic mass is 10.2. The Hall–Kier alpha value is -1.50. The lowest BCUT2D eigenvalue weighted by Crippen LogP contribution is -1.91. The van der Waals surface area contributed by atoms with Crippen molar-refractivity contribution in [3.63, 3.8) is 0 Å². The predicted octanol–water partition coefficient (Wildman–Crippen LogP) is 4.11. The van der Waals surface area contributed by atoms with Gasteiger partial charge in [-0.1, -0.05) is 53.3 Å². The van der Waals surface area contributed by atoms with E-state index in [9.17, 15) is 0 Å². The van der Waals surface area contributed by atoms with Crippen LogP contribution < -0.4 is 0 Å². The van der Waals surface area contributed by atoms with Gasteiger partial charge in [0.25, 0.3) is 0 Å². The SMILES string of the molecule is Cc1nnc(Sc2cc(Cl)nc(-c3ccccc3)n2)s1. The van der Waals surface area contributed by atoms with Gasteiger partial charge < -0.3 is 0 Å². The fourth-order valence-electron chi connectivity index (χ4n) is 1.57. The molecule has 2 heterocycles. The minimum atomic E-state index is 0.419. The predicted molar refractivity (Wildman–Crippen MR) is 81.2 cm³/mol. The van der Waals surface area contributed by atoms with Crippen molar-refractivity contribution in [2.45, 2.75) is 16.3 Å². The second kappa shape index (κ2) is 5.87. The average Bonchev–Trinajstić information content (AvgIpc) is 2.84. The molecule has 7 heteroatoms. The molecule has 20 heavy (non-hydrogen) atoms. The number of hydrogen-bond acceptors (Lipinski definition) is 6. The molecular formula is C13H9ClN4S2. The Kier molecular flexibility index (Phi) is 3.95. The molecular weight excluding hydrogens is 312 g/mol. The monoisotopic (exact) mass is 320 g/mol. The lowest BCUT2D eigenvalue weighted by Gasteiger charge is -2.03. The molecule has 2 aromatic heterocycles. The first kappa shape index (κ1) is 13.5. The third-order valence-electron chi connectivity index (χ3n) is 2.40. The van der Waals surface area contributed by atoms with Gasteiger partial charge in [0.2, 0.25) is 0 Å². The van der Waals surface area contributed by atoms with Gasteiger partial charge in [0.05, 0.1) is 0 Å². The molecule has 0 amide bonds. The summed E-state index contributed by atoms with van der Waals surface area (Å²) in [6, 6.07) is 11.5. The van der Waals surface area contributed by atoms with Crippen LogP contribution in [0.25, 0.3) is 11.4 Å². The van der Waals surface area contributed by atoms with Crippen LogP contribution in [-0.2, 0) is 0 Å². The van der Waals surface area contributed by atoms with E-state index < -0.39 is 0 Å². The molecule has 0 aliphatic rings. The van der Waals surface area contributed by atoms with Gasteiger partial charge >= 0.3 is 0 Å². The molecule has 0 N–H and O–H groups in total. The van der Waals surface area contributed by atoms with Gasteiger partial charge in [-0.3, -0.25) is 0 Å². The highest BCUT2D eigenvalue weighted by Gasteiger charge is 2.09. The van der Waals surface area contributed by atoms with Gasteiger partial charge in [-0.15, -0.1) is 10.2 Å². The van der Waals surface area contributed by atoms with Crippen molar-refractivity contribution < 1.29 is 0 Å². The van der Waals surface area contributed by atoms with E-state index in [0.29, 0.717) is 11.0 Å². The third kappa shape index (κ3) is 3.15. The van der Waals surface area contributed by atoms with Crippen LogP contribution in [0, 0.1) is 6.92 Å². The van der Waals surface area contributed by atoms with Gasteiger partial charge in [0.1, 0.15) is 15.2 Å². The Morgan fingerprint density at radius 1 is 1.10 bits per heavy atom. The standard InChI is InChI=1S/C13H9ClN4S2/c1-8-17-18-13(19-8)20-11-7-10(14)15-12(16-11)9-5-3-2-4-6-9/h2-7H,1H3. The van der Waals surface area contributed by atoms with Crippen LogP contribution in [0.3, 0.4) is 0 Å². The second-order valence-electron chi connectivity index (χ2n) is 3.91. The lowest BCUT2D eigenvalue weighted by molar-refractivity contribution is 0.978. The average molecular weight is 321 g/mol. The van der Waals surface area contributed by atoms with E-state index in [2.05, 4.69) is 20.2 Å². The zero-order chi connectivity index (χ0) is 13.9. The quantitative estimate of drug-likeness (QED) is 0.680. The molecule has 0 saturated carbocycles. The summed E-state index contributed by atoms with van der Waals surface area (Å²) in [4.78, 5) is 8.77. The van der Waals surface area contributed by atoms with Gasteiger partial charge in [-0.05, 0) is 18.7 Å². The molecule has 0 unspecified atom stereocenters. The second-order valence-corrected chi connectivity index (χ2v) is 6.74. The molecule has 3 aromatic rings. The Bertz CT molecular complexity index is 730. The summed E-state index contributed by atoms with van der Waals surface area (Å²) >= 11 is 9.04. The number of rotatable bonds is 3. The molecule has 0 fully saturated rings. The van der Waals surface area contributed by atoms with E-state index in [1.807, 2.05) is 37.3 Å². The number of halogens is 1. The van der Waals surface area contributed by atoms with E-state index in [-0.39, 0.29) is 0 Å². The Morgan fingerprint density at radius 3 is 2.60 bits per heavy atom. The molecule has 0 aliphatic heterocycles. The zero-order valence-corrected chi connectivity index (χ0v) is 12.8. The maximum atomic E-state index is 6.07. The smallest absolute Gasteiger partial charge is 0.180 e. The van der Waals surface area contributed by atoms with Crippen LogP contribution in [0.15, 0.2) is 45.8 Å². The van der Waals surface area contributed by atoms with Crippen LogP contribution >= 0.6 is 34.7 Å². The van der Waals surface area contributed by atoms with Gasteiger partial charge in [-0.25, -0.2) is 9.97 Å². The van der Waals surface area contributed by atoms with Gasteiger partial charge in [0, 0.05) is 11.6 Å². The van der Waals surface area contributed by atoms with Gasteiger partial charge in [-0.2, -0.15) is 0 Å². The summed E-state index contributed by atoms with van der Waals surface area (Å²) in [5, 5.41) is 10.2.